The molecule has 0 bridgehead atoms. The summed E-state index contributed by atoms with van der Waals surface area (Å²) in [4.78, 5) is 0.180. The molecule has 0 aromatic heterocycles. The molecule has 0 aliphatic rings. The van der Waals surface area contributed by atoms with Crippen molar-refractivity contribution in [3.63, 3.8) is 0 Å². The molecule has 3 nitrogen and oxygen atoms in total. The van der Waals surface area contributed by atoms with Crippen LogP contribution >= 0.6 is 9.24 Å². The van der Waals surface area contributed by atoms with Gasteiger partial charge in [0.1, 0.15) is 5.75 Å². The maximum Gasteiger partial charge on any atom is 0.256 e. The molecule has 1 aromatic rings. The molecule has 2 atom stereocenters. The van der Waals surface area contributed by atoms with Gasteiger partial charge in [-0.2, -0.15) is 4.39 Å². The van der Waals surface area contributed by atoms with Gasteiger partial charge in [-0.1, -0.05) is 9.24 Å². The van der Waals surface area contributed by atoms with Crippen LogP contribution in [0.15, 0.2) is 29.2 Å². The minimum absolute atomic E-state index is 0.180. The van der Waals surface area contributed by atoms with Gasteiger partial charge in [-0.25, -0.2) is 8.42 Å². The summed E-state index contributed by atoms with van der Waals surface area (Å²) in [6.07, 6.45) is 1.11. The molecule has 0 aliphatic carbocycles. The fraction of sp³-hybridized carbons (Fsp3) is 0.333. The molecular weight excluding hydrogens is 238 g/mol. The van der Waals surface area contributed by atoms with Crippen LogP contribution < -0.4 is 4.74 Å². The lowest BCUT2D eigenvalue weighted by Gasteiger charge is -2.16. The predicted molar refractivity (Wildman–Crippen MR) is 59.4 cm³/mol. The maximum atomic E-state index is 13.0. The second-order valence-corrected chi connectivity index (χ2v) is 6.38. The van der Waals surface area contributed by atoms with Gasteiger partial charge in [0.15, 0.2) is 9.84 Å². The lowest BCUT2D eigenvalue weighted by atomic mass is 10.3. The van der Waals surface area contributed by atoms with Crippen molar-refractivity contribution < 1.29 is 17.5 Å². The molecule has 0 N–H and O–H groups in total. The molecule has 0 fully saturated rings. The molecular formula is C9H12FO3PS. The maximum absolute atomic E-state index is 13.0. The molecule has 0 radical (unpaired) electrons. The van der Waals surface area contributed by atoms with E-state index in [9.17, 15) is 12.8 Å². The number of rotatable bonds is 3. The monoisotopic (exact) mass is 250 g/mol. The summed E-state index contributed by atoms with van der Waals surface area (Å²) in [5.74, 6) is 0.280. The summed E-state index contributed by atoms with van der Waals surface area (Å²) >= 11 is 0. The number of halogens is 1. The molecule has 2 unspecified atom stereocenters. The van der Waals surface area contributed by atoms with E-state index in [1.165, 1.54) is 31.2 Å². The zero-order chi connectivity index (χ0) is 11.7. The molecule has 0 heterocycles. The number of hydrogen-bond donors (Lipinski definition) is 0. The van der Waals surface area contributed by atoms with E-state index in [4.69, 9.17) is 4.74 Å². The molecule has 0 aliphatic heterocycles. The first kappa shape index (κ1) is 12.4. The van der Waals surface area contributed by atoms with E-state index >= 15 is 0 Å². The zero-order valence-electron chi connectivity index (χ0n) is 8.40. The van der Waals surface area contributed by atoms with E-state index in [1.54, 1.807) is 0 Å². The average Bonchev–Trinajstić information content (AvgIpc) is 2.00. The number of sulfone groups is 1. The molecule has 84 valence electrons. The fourth-order valence-corrected chi connectivity index (χ4v) is 1.75. The van der Waals surface area contributed by atoms with E-state index < -0.39 is 15.4 Å². The van der Waals surface area contributed by atoms with Gasteiger partial charge < -0.3 is 4.74 Å². The van der Waals surface area contributed by atoms with Crippen LogP contribution in [0.25, 0.3) is 0 Å². The van der Waals surface area contributed by atoms with Gasteiger partial charge in [-0.3, -0.25) is 0 Å². The van der Waals surface area contributed by atoms with Crippen LogP contribution in [-0.4, -0.2) is 20.3 Å². The zero-order valence-corrected chi connectivity index (χ0v) is 10.4. The number of hydrogen-bond acceptors (Lipinski definition) is 3. The quantitative estimate of drug-likeness (QED) is 0.770. The van der Waals surface area contributed by atoms with Gasteiger partial charge in [0.25, 0.3) is 5.60 Å². The van der Waals surface area contributed by atoms with Crippen LogP contribution in [0.3, 0.4) is 0 Å². The van der Waals surface area contributed by atoms with Gasteiger partial charge in [0, 0.05) is 13.2 Å². The predicted octanol–water partition coefficient (Wildman–Crippen LogP) is 1.99. The largest absolute Gasteiger partial charge is 0.455 e. The van der Waals surface area contributed by atoms with Gasteiger partial charge in [-0.05, 0) is 24.3 Å². The summed E-state index contributed by atoms with van der Waals surface area (Å²) in [5.41, 5.74) is -1.85. The van der Waals surface area contributed by atoms with Crippen molar-refractivity contribution in [1.29, 1.82) is 0 Å². The summed E-state index contributed by atoms with van der Waals surface area (Å²) in [6.45, 7) is 1.24. The highest BCUT2D eigenvalue weighted by molar-refractivity contribution is 7.90. The van der Waals surface area contributed by atoms with Gasteiger partial charge in [0.05, 0.1) is 4.90 Å². The topological polar surface area (TPSA) is 43.4 Å². The van der Waals surface area contributed by atoms with Crippen molar-refractivity contribution in [2.45, 2.75) is 17.4 Å². The van der Waals surface area contributed by atoms with Crippen molar-refractivity contribution >= 4 is 19.1 Å². The van der Waals surface area contributed by atoms with E-state index in [2.05, 4.69) is 0 Å². The number of alkyl halides is 1. The Labute approximate surface area is 90.8 Å². The van der Waals surface area contributed by atoms with Crippen LogP contribution in [0.5, 0.6) is 5.75 Å². The van der Waals surface area contributed by atoms with Crippen molar-refractivity contribution in [2.75, 3.05) is 6.26 Å². The first-order chi connectivity index (χ1) is 6.68. The Hall–Kier alpha value is -0.670. The summed E-state index contributed by atoms with van der Waals surface area (Å²) < 4.78 is 40.1. The number of benzene rings is 1. The van der Waals surface area contributed by atoms with Crippen molar-refractivity contribution in [3.05, 3.63) is 24.3 Å². The highest BCUT2D eigenvalue weighted by atomic mass is 32.2. The van der Waals surface area contributed by atoms with Crippen LogP contribution in [-0.2, 0) is 9.84 Å². The first-order valence-corrected chi connectivity index (χ1v) is 6.62. The first-order valence-electron chi connectivity index (χ1n) is 4.15. The molecule has 0 spiro atoms. The van der Waals surface area contributed by atoms with Crippen molar-refractivity contribution in [2.24, 2.45) is 0 Å². The fourth-order valence-electron chi connectivity index (χ4n) is 0.985. The Morgan fingerprint density at radius 3 is 2.13 bits per heavy atom. The second-order valence-electron chi connectivity index (χ2n) is 3.33. The smallest absolute Gasteiger partial charge is 0.256 e. The van der Waals surface area contributed by atoms with Crippen molar-refractivity contribution in [3.8, 4) is 5.75 Å². The Morgan fingerprint density at radius 2 is 1.80 bits per heavy atom. The molecule has 0 amide bonds. The van der Waals surface area contributed by atoms with Crippen LogP contribution in [0.2, 0.25) is 0 Å². The molecule has 1 aromatic carbocycles. The number of ether oxygens (including phenoxy) is 1. The lowest BCUT2D eigenvalue weighted by Crippen LogP contribution is -2.16. The van der Waals surface area contributed by atoms with Crippen LogP contribution in [0.4, 0.5) is 4.39 Å². The van der Waals surface area contributed by atoms with Gasteiger partial charge in [0.2, 0.25) is 0 Å². The normalized spacial score (nSPS) is 15.7. The van der Waals surface area contributed by atoms with Crippen LogP contribution in [0, 0.1) is 0 Å². The van der Waals surface area contributed by atoms with E-state index in [0.717, 1.165) is 6.26 Å². The summed E-state index contributed by atoms with van der Waals surface area (Å²) in [5, 5.41) is 0. The van der Waals surface area contributed by atoms with Crippen molar-refractivity contribution in [1.82, 2.24) is 0 Å². The Morgan fingerprint density at radius 1 is 1.33 bits per heavy atom. The highest BCUT2D eigenvalue weighted by Crippen LogP contribution is 2.25. The Balaban J connectivity index is 2.92. The lowest BCUT2D eigenvalue weighted by molar-refractivity contribution is 0.0472. The molecule has 15 heavy (non-hydrogen) atoms. The SMILES string of the molecule is CC(F)(P)Oc1ccc(S(C)(=O)=O)cc1. The van der Waals surface area contributed by atoms with Gasteiger partial charge in [-0.15, -0.1) is 0 Å². The highest BCUT2D eigenvalue weighted by Gasteiger charge is 2.17. The molecule has 1 rings (SSSR count). The van der Waals surface area contributed by atoms with Gasteiger partial charge >= 0.3 is 0 Å². The second kappa shape index (κ2) is 4.06. The van der Waals surface area contributed by atoms with E-state index in [0.29, 0.717) is 0 Å². The molecule has 0 saturated heterocycles. The molecule has 6 heteroatoms. The standard InChI is InChI=1S/C9H12FO3PS/c1-9(10,14)13-7-3-5-8(6-4-7)15(2,11)12/h3-6H,14H2,1-2H3. The third kappa shape index (κ3) is 4.14. The summed E-state index contributed by atoms with van der Waals surface area (Å²) in [6, 6.07) is 5.58. The van der Waals surface area contributed by atoms with E-state index in [-0.39, 0.29) is 10.6 Å². The minimum Gasteiger partial charge on any atom is -0.455 e. The van der Waals surface area contributed by atoms with Crippen LogP contribution in [0.1, 0.15) is 6.92 Å². The molecule has 0 saturated carbocycles. The van der Waals surface area contributed by atoms with E-state index in [1.807, 2.05) is 9.24 Å². The third-order valence-electron chi connectivity index (χ3n) is 1.57. The Kier molecular flexibility index (Phi) is 3.36. The third-order valence-corrected chi connectivity index (χ3v) is 2.82. The Bertz CT molecular complexity index is 433. The minimum atomic E-state index is -3.22. The summed E-state index contributed by atoms with van der Waals surface area (Å²) in [7, 11) is -1.32. The average molecular weight is 250 g/mol.